The van der Waals surface area contributed by atoms with Crippen molar-refractivity contribution in [3.05, 3.63) is 43.7 Å². The van der Waals surface area contributed by atoms with E-state index in [0.29, 0.717) is 26.4 Å². The van der Waals surface area contributed by atoms with Crippen molar-refractivity contribution >= 4 is 45.4 Å². The van der Waals surface area contributed by atoms with E-state index in [9.17, 15) is 10.1 Å². The van der Waals surface area contributed by atoms with Crippen LogP contribution < -0.4 is 10.1 Å². The summed E-state index contributed by atoms with van der Waals surface area (Å²) in [6, 6.07) is 5.52. The summed E-state index contributed by atoms with van der Waals surface area (Å²) in [7, 11) is 0. The number of hydrogen-bond acceptors (Lipinski definition) is 4. The molecule has 1 aromatic heterocycles. The molecule has 0 radical (unpaired) electrons. The van der Waals surface area contributed by atoms with Crippen molar-refractivity contribution in [2.24, 2.45) is 0 Å². The highest BCUT2D eigenvalue weighted by molar-refractivity contribution is 7.16. The van der Waals surface area contributed by atoms with Crippen LogP contribution in [0.4, 0.5) is 5.00 Å². The third kappa shape index (κ3) is 3.92. The van der Waals surface area contributed by atoms with Gasteiger partial charge in [-0.2, -0.15) is 5.26 Å². The summed E-state index contributed by atoms with van der Waals surface area (Å²) in [4.78, 5) is 13.5. The van der Waals surface area contributed by atoms with Crippen molar-refractivity contribution in [1.82, 2.24) is 0 Å². The molecule has 0 saturated heterocycles. The number of benzene rings is 1. The lowest BCUT2D eigenvalue weighted by molar-refractivity contribution is -0.118. The third-order valence-corrected chi connectivity index (χ3v) is 5.78. The van der Waals surface area contributed by atoms with Gasteiger partial charge >= 0.3 is 0 Å². The topological polar surface area (TPSA) is 62.1 Å². The van der Waals surface area contributed by atoms with Crippen molar-refractivity contribution in [2.45, 2.75) is 32.6 Å². The van der Waals surface area contributed by atoms with E-state index in [1.807, 2.05) is 6.92 Å². The monoisotopic (exact) mass is 394 g/mol. The molecule has 1 aliphatic rings. The van der Waals surface area contributed by atoms with Gasteiger partial charge in [0.15, 0.2) is 6.61 Å². The fourth-order valence-corrected chi connectivity index (χ4v) is 4.85. The minimum Gasteiger partial charge on any atom is -0.482 e. The number of carbonyl (C=O) groups is 1. The van der Waals surface area contributed by atoms with Crippen LogP contribution in [0.2, 0.25) is 10.0 Å². The number of carbonyl (C=O) groups excluding carboxylic acids is 1. The molecule has 0 bridgehead atoms. The Morgan fingerprint density at radius 2 is 2.12 bits per heavy atom. The highest BCUT2D eigenvalue weighted by Gasteiger charge is 2.22. The van der Waals surface area contributed by atoms with E-state index in [1.165, 1.54) is 16.2 Å². The Labute approximate surface area is 160 Å². The molecule has 1 N–H and O–H groups in total. The van der Waals surface area contributed by atoms with E-state index in [2.05, 4.69) is 11.4 Å². The van der Waals surface area contributed by atoms with Gasteiger partial charge in [-0.25, -0.2) is 0 Å². The second-order valence-electron chi connectivity index (χ2n) is 5.90. The van der Waals surface area contributed by atoms with Crippen LogP contribution in [0, 0.1) is 18.3 Å². The predicted molar refractivity (Wildman–Crippen MR) is 101 cm³/mol. The molecule has 2 aromatic rings. The summed E-state index contributed by atoms with van der Waals surface area (Å²) < 4.78 is 5.55. The number of nitrogens with one attached hydrogen (secondary N) is 1. The van der Waals surface area contributed by atoms with E-state index in [-0.39, 0.29) is 12.5 Å². The van der Waals surface area contributed by atoms with Gasteiger partial charge in [0.05, 0.1) is 10.6 Å². The van der Waals surface area contributed by atoms with Crippen LogP contribution in [0.25, 0.3) is 0 Å². The molecule has 1 aromatic carbocycles. The van der Waals surface area contributed by atoms with Crippen LogP contribution in [0.3, 0.4) is 0 Å². The molecular formula is C18H16Cl2N2O2S. The van der Waals surface area contributed by atoms with E-state index in [4.69, 9.17) is 27.9 Å². The highest BCUT2D eigenvalue weighted by atomic mass is 35.5. The number of halogens is 2. The first-order valence-corrected chi connectivity index (χ1v) is 9.49. The summed E-state index contributed by atoms with van der Waals surface area (Å²) >= 11 is 13.5. The number of fused-ring (bicyclic) bond motifs is 1. The number of thiophene rings is 1. The first kappa shape index (κ1) is 18.1. The average Bonchev–Trinajstić information content (AvgIpc) is 2.90. The SMILES string of the molecule is Cc1cc(Cl)cc(Cl)c1OCC(=O)Nc1sc2c(c1C#N)CCCC2. The molecule has 7 heteroatoms. The van der Waals surface area contributed by atoms with Crippen LogP contribution in [0.1, 0.15) is 34.4 Å². The minimum absolute atomic E-state index is 0.185. The van der Waals surface area contributed by atoms with Crippen LogP contribution in [0.5, 0.6) is 5.75 Å². The molecule has 3 rings (SSSR count). The molecule has 130 valence electrons. The maximum Gasteiger partial charge on any atom is 0.262 e. The van der Waals surface area contributed by atoms with Crippen molar-refractivity contribution in [1.29, 1.82) is 5.26 Å². The van der Waals surface area contributed by atoms with Gasteiger partial charge in [-0.15, -0.1) is 11.3 Å². The molecule has 0 fully saturated rings. The Bertz CT molecular complexity index is 848. The van der Waals surface area contributed by atoms with Crippen molar-refractivity contribution in [2.75, 3.05) is 11.9 Å². The molecule has 1 heterocycles. The first-order chi connectivity index (χ1) is 12.0. The number of hydrogen-bond donors (Lipinski definition) is 1. The number of anilines is 1. The summed E-state index contributed by atoms with van der Waals surface area (Å²) in [6.07, 6.45) is 4.09. The van der Waals surface area contributed by atoms with Gasteiger partial charge in [-0.05, 0) is 55.9 Å². The Morgan fingerprint density at radius 3 is 2.84 bits per heavy atom. The Balaban J connectivity index is 1.70. The standard InChI is InChI=1S/C18H16Cl2N2O2S/c1-10-6-11(19)7-14(20)17(10)24-9-16(23)22-18-13(8-21)12-4-2-3-5-15(12)25-18/h6-7H,2-5,9H2,1H3,(H,22,23). The number of rotatable bonds is 4. The summed E-state index contributed by atoms with van der Waals surface area (Å²) in [5.41, 5.74) is 2.44. The number of nitrogens with zero attached hydrogens (tertiary/aromatic N) is 1. The smallest absolute Gasteiger partial charge is 0.262 e. The van der Waals surface area contributed by atoms with Crippen LogP contribution in [0.15, 0.2) is 12.1 Å². The second-order valence-corrected chi connectivity index (χ2v) is 7.85. The van der Waals surface area contributed by atoms with Gasteiger partial charge in [0, 0.05) is 9.90 Å². The van der Waals surface area contributed by atoms with Crippen molar-refractivity contribution < 1.29 is 9.53 Å². The van der Waals surface area contributed by atoms with E-state index in [1.54, 1.807) is 12.1 Å². The summed E-state index contributed by atoms with van der Waals surface area (Å²) in [5, 5.41) is 13.7. The van der Waals surface area contributed by atoms with E-state index >= 15 is 0 Å². The summed E-state index contributed by atoms with van der Waals surface area (Å²) in [5.74, 6) is 0.118. The molecular weight excluding hydrogens is 379 g/mol. The Kier molecular flexibility index (Phi) is 5.53. The number of ether oxygens (including phenoxy) is 1. The average molecular weight is 395 g/mol. The van der Waals surface area contributed by atoms with Gasteiger partial charge in [0.1, 0.15) is 16.8 Å². The minimum atomic E-state index is -0.319. The first-order valence-electron chi connectivity index (χ1n) is 7.92. The maximum absolute atomic E-state index is 12.2. The molecule has 4 nitrogen and oxygen atoms in total. The molecule has 0 spiro atoms. The van der Waals surface area contributed by atoms with E-state index in [0.717, 1.165) is 36.8 Å². The molecule has 0 unspecified atom stereocenters. The van der Waals surface area contributed by atoms with Gasteiger partial charge < -0.3 is 10.1 Å². The fraction of sp³-hybridized carbons (Fsp3) is 0.333. The van der Waals surface area contributed by atoms with Crippen LogP contribution in [-0.2, 0) is 17.6 Å². The quantitative estimate of drug-likeness (QED) is 0.781. The van der Waals surface area contributed by atoms with Crippen LogP contribution in [-0.4, -0.2) is 12.5 Å². The lowest BCUT2D eigenvalue weighted by atomic mass is 9.96. The lowest BCUT2D eigenvalue weighted by Crippen LogP contribution is -2.20. The van der Waals surface area contributed by atoms with E-state index < -0.39 is 0 Å². The molecule has 25 heavy (non-hydrogen) atoms. The second kappa shape index (κ2) is 7.65. The zero-order valence-electron chi connectivity index (χ0n) is 13.6. The van der Waals surface area contributed by atoms with Crippen molar-refractivity contribution in [3.63, 3.8) is 0 Å². The van der Waals surface area contributed by atoms with Gasteiger partial charge in [0.25, 0.3) is 5.91 Å². The zero-order valence-corrected chi connectivity index (χ0v) is 15.9. The van der Waals surface area contributed by atoms with Gasteiger partial charge in [-0.1, -0.05) is 23.2 Å². The third-order valence-electron chi connectivity index (χ3n) is 4.08. The normalized spacial score (nSPS) is 13.0. The molecule has 1 aliphatic carbocycles. The fourth-order valence-electron chi connectivity index (χ4n) is 2.94. The number of nitriles is 1. The maximum atomic E-state index is 12.2. The zero-order chi connectivity index (χ0) is 18.0. The van der Waals surface area contributed by atoms with Crippen molar-refractivity contribution in [3.8, 4) is 11.8 Å². The number of aryl methyl sites for hydroxylation is 2. The molecule has 0 aliphatic heterocycles. The largest absolute Gasteiger partial charge is 0.482 e. The lowest BCUT2D eigenvalue weighted by Gasteiger charge is -2.11. The highest BCUT2D eigenvalue weighted by Crippen LogP contribution is 2.37. The van der Waals surface area contributed by atoms with Crippen LogP contribution >= 0.6 is 34.5 Å². The summed E-state index contributed by atoms with van der Waals surface area (Å²) in [6.45, 7) is 1.63. The Hall–Kier alpha value is -1.74. The molecule has 0 atom stereocenters. The molecule has 1 amide bonds. The number of amides is 1. The van der Waals surface area contributed by atoms with Gasteiger partial charge in [0.2, 0.25) is 0 Å². The molecule has 0 saturated carbocycles. The Morgan fingerprint density at radius 1 is 1.36 bits per heavy atom. The predicted octanol–water partition coefficient (Wildman–Crippen LogP) is 5.13. The van der Waals surface area contributed by atoms with Gasteiger partial charge in [-0.3, -0.25) is 4.79 Å².